The van der Waals surface area contributed by atoms with Crippen molar-refractivity contribution in [2.45, 2.75) is 32.2 Å². The zero-order valence-corrected chi connectivity index (χ0v) is 8.30. The zero-order chi connectivity index (χ0) is 9.26. The maximum absolute atomic E-state index is 5.94. The van der Waals surface area contributed by atoms with Gasteiger partial charge in [-0.15, -0.1) is 0 Å². The van der Waals surface area contributed by atoms with E-state index in [1.165, 1.54) is 19.2 Å². The average Bonchev–Trinajstić information content (AvgIpc) is 2.89. The maximum atomic E-state index is 5.94. The molecule has 13 heavy (non-hydrogen) atoms. The molecule has 1 aromatic heterocycles. The van der Waals surface area contributed by atoms with Crippen LogP contribution in [0.1, 0.15) is 25.3 Å². The molecule has 1 N–H and O–H groups in total. The summed E-state index contributed by atoms with van der Waals surface area (Å²) in [5, 5.41) is 3.91. The average molecular weight is 198 g/mol. The molecule has 70 valence electrons. The van der Waals surface area contributed by atoms with E-state index in [9.17, 15) is 0 Å². The molecule has 4 heteroatoms. The van der Waals surface area contributed by atoms with Crippen LogP contribution in [0.15, 0.2) is 6.33 Å². The van der Waals surface area contributed by atoms with Crippen LogP contribution in [0.25, 0.3) is 0 Å². The Hall–Kier alpha value is -0.830. The van der Waals surface area contributed by atoms with Crippen molar-refractivity contribution in [3.8, 4) is 0 Å². The van der Waals surface area contributed by atoms with Crippen LogP contribution in [-0.2, 0) is 6.42 Å². The first-order chi connectivity index (χ1) is 6.31. The van der Waals surface area contributed by atoms with Gasteiger partial charge in [0.1, 0.15) is 17.3 Å². The van der Waals surface area contributed by atoms with Gasteiger partial charge in [-0.25, -0.2) is 9.97 Å². The molecule has 0 amide bonds. The minimum Gasteiger partial charge on any atom is -0.367 e. The summed E-state index contributed by atoms with van der Waals surface area (Å²) in [6, 6.07) is 0.608. The minimum absolute atomic E-state index is 0.570. The molecule has 0 radical (unpaired) electrons. The third-order valence-corrected chi connectivity index (χ3v) is 2.49. The lowest BCUT2D eigenvalue weighted by Gasteiger charge is -2.08. The van der Waals surface area contributed by atoms with Crippen LogP contribution in [0, 0.1) is 0 Å². The summed E-state index contributed by atoms with van der Waals surface area (Å²) in [6.07, 6.45) is 4.86. The molecular weight excluding hydrogens is 186 g/mol. The molecule has 0 aromatic carbocycles. The fraction of sp³-hybridized carbons (Fsp3) is 0.556. The van der Waals surface area contributed by atoms with Crippen molar-refractivity contribution in [3.63, 3.8) is 0 Å². The van der Waals surface area contributed by atoms with Gasteiger partial charge in [-0.2, -0.15) is 0 Å². The number of rotatable bonds is 3. The van der Waals surface area contributed by atoms with Gasteiger partial charge in [-0.3, -0.25) is 0 Å². The van der Waals surface area contributed by atoms with Gasteiger partial charge in [0, 0.05) is 11.6 Å². The number of anilines is 1. The van der Waals surface area contributed by atoms with E-state index in [0.29, 0.717) is 11.2 Å². The second kappa shape index (κ2) is 3.50. The van der Waals surface area contributed by atoms with E-state index < -0.39 is 0 Å². The highest BCUT2D eigenvalue weighted by atomic mass is 35.5. The van der Waals surface area contributed by atoms with Crippen LogP contribution in [0.5, 0.6) is 0 Å². The summed E-state index contributed by atoms with van der Waals surface area (Å²) in [4.78, 5) is 8.14. The van der Waals surface area contributed by atoms with Gasteiger partial charge in [0.05, 0.1) is 0 Å². The second-order valence-electron chi connectivity index (χ2n) is 3.26. The van der Waals surface area contributed by atoms with E-state index in [0.717, 1.165) is 17.8 Å². The molecule has 1 aliphatic carbocycles. The van der Waals surface area contributed by atoms with Gasteiger partial charge in [-0.05, 0) is 19.3 Å². The number of hydrogen-bond acceptors (Lipinski definition) is 3. The zero-order valence-electron chi connectivity index (χ0n) is 7.55. The topological polar surface area (TPSA) is 37.8 Å². The van der Waals surface area contributed by atoms with Crippen molar-refractivity contribution in [2.75, 3.05) is 5.32 Å². The van der Waals surface area contributed by atoms with E-state index in [1.54, 1.807) is 0 Å². The Bertz CT molecular complexity index is 310. The molecule has 3 nitrogen and oxygen atoms in total. The number of nitrogens with one attached hydrogen (secondary N) is 1. The number of hydrogen-bond donors (Lipinski definition) is 1. The predicted molar refractivity (Wildman–Crippen MR) is 53.1 cm³/mol. The van der Waals surface area contributed by atoms with E-state index in [2.05, 4.69) is 22.2 Å². The number of halogens is 1. The Morgan fingerprint density at radius 2 is 2.31 bits per heavy atom. The van der Waals surface area contributed by atoms with Crippen molar-refractivity contribution in [3.05, 3.63) is 17.0 Å². The SMILES string of the molecule is CCc1c(Cl)ncnc1NC1CC1. The second-order valence-corrected chi connectivity index (χ2v) is 3.62. The highest BCUT2D eigenvalue weighted by Crippen LogP contribution is 2.27. The Morgan fingerprint density at radius 1 is 1.54 bits per heavy atom. The van der Waals surface area contributed by atoms with Gasteiger partial charge < -0.3 is 5.32 Å². The summed E-state index contributed by atoms with van der Waals surface area (Å²) in [5.41, 5.74) is 1.02. The maximum Gasteiger partial charge on any atom is 0.137 e. The van der Waals surface area contributed by atoms with Crippen LogP contribution in [-0.4, -0.2) is 16.0 Å². The van der Waals surface area contributed by atoms with Crippen LogP contribution in [0.4, 0.5) is 5.82 Å². The quantitative estimate of drug-likeness (QED) is 0.756. The van der Waals surface area contributed by atoms with Crippen molar-refractivity contribution >= 4 is 17.4 Å². The Labute approximate surface area is 82.5 Å². The molecule has 0 atom stereocenters. The molecule has 0 unspecified atom stereocenters. The summed E-state index contributed by atoms with van der Waals surface area (Å²) in [5.74, 6) is 0.907. The Kier molecular flexibility index (Phi) is 2.36. The molecule has 0 saturated heterocycles. The van der Waals surface area contributed by atoms with Gasteiger partial charge in [0.15, 0.2) is 0 Å². The molecule has 0 spiro atoms. The third-order valence-electron chi connectivity index (χ3n) is 2.16. The fourth-order valence-corrected chi connectivity index (χ4v) is 1.52. The van der Waals surface area contributed by atoms with Crippen LogP contribution < -0.4 is 5.32 Å². The molecule has 1 aliphatic rings. The molecule has 2 rings (SSSR count). The lowest BCUT2D eigenvalue weighted by Crippen LogP contribution is -2.07. The molecule has 1 heterocycles. The van der Waals surface area contributed by atoms with E-state index in [-0.39, 0.29) is 0 Å². The smallest absolute Gasteiger partial charge is 0.137 e. The highest BCUT2D eigenvalue weighted by Gasteiger charge is 2.22. The van der Waals surface area contributed by atoms with Crippen molar-refractivity contribution in [2.24, 2.45) is 0 Å². The predicted octanol–water partition coefficient (Wildman–Crippen LogP) is 2.27. The molecule has 0 bridgehead atoms. The van der Waals surface area contributed by atoms with Gasteiger partial charge in [0.2, 0.25) is 0 Å². The normalized spacial score (nSPS) is 15.8. The summed E-state index contributed by atoms with van der Waals surface area (Å²) < 4.78 is 0. The fourth-order valence-electron chi connectivity index (χ4n) is 1.25. The first-order valence-corrected chi connectivity index (χ1v) is 4.95. The van der Waals surface area contributed by atoms with Crippen LogP contribution >= 0.6 is 11.6 Å². The molecular formula is C9H12ClN3. The third kappa shape index (κ3) is 1.91. The van der Waals surface area contributed by atoms with Crippen molar-refractivity contribution in [1.82, 2.24) is 9.97 Å². The minimum atomic E-state index is 0.570. The Morgan fingerprint density at radius 3 is 2.92 bits per heavy atom. The van der Waals surface area contributed by atoms with Gasteiger partial charge in [-0.1, -0.05) is 18.5 Å². The standard InChI is InChI=1S/C9H12ClN3/c1-2-7-8(10)11-5-12-9(7)13-6-3-4-6/h5-6H,2-4H2,1H3,(H,11,12,13). The lowest BCUT2D eigenvalue weighted by molar-refractivity contribution is 1.01. The largest absolute Gasteiger partial charge is 0.367 e. The monoisotopic (exact) mass is 197 g/mol. The Balaban J connectivity index is 2.25. The van der Waals surface area contributed by atoms with E-state index >= 15 is 0 Å². The summed E-state index contributed by atoms with van der Waals surface area (Å²) >= 11 is 5.94. The number of nitrogens with zero attached hydrogens (tertiary/aromatic N) is 2. The van der Waals surface area contributed by atoms with Crippen LogP contribution in [0.2, 0.25) is 5.15 Å². The van der Waals surface area contributed by atoms with Gasteiger partial charge in [0.25, 0.3) is 0 Å². The van der Waals surface area contributed by atoms with Crippen molar-refractivity contribution < 1.29 is 0 Å². The number of aromatic nitrogens is 2. The molecule has 1 saturated carbocycles. The molecule has 0 aliphatic heterocycles. The highest BCUT2D eigenvalue weighted by molar-refractivity contribution is 6.30. The van der Waals surface area contributed by atoms with E-state index in [4.69, 9.17) is 11.6 Å². The summed E-state index contributed by atoms with van der Waals surface area (Å²) in [6.45, 7) is 2.06. The summed E-state index contributed by atoms with van der Waals surface area (Å²) in [7, 11) is 0. The molecule has 1 fully saturated rings. The lowest BCUT2D eigenvalue weighted by atomic mass is 10.2. The van der Waals surface area contributed by atoms with Crippen LogP contribution in [0.3, 0.4) is 0 Å². The van der Waals surface area contributed by atoms with Crippen molar-refractivity contribution in [1.29, 1.82) is 0 Å². The first-order valence-electron chi connectivity index (χ1n) is 4.57. The molecule has 1 aromatic rings. The first kappa shape index (κ1) is 8.75. The van der Waals surface area contributed by atoms with Gasteiger partial charge >= 0.3 is 0 Å². The van der Waals surface area contributed by atoms with E-state index in [1.807, 2.05) is 0 Å².